The summed E-state index contributed by atoms with van der Waals surface area (Å²) in [5.41, 5.74) is 2.86. The summed E-state index contributed by atoms with van der Waals surface area (Å²) < 4.78 is 1.63. The third kappa shape index (κ3) is 3.18. The number of anilines is 1. The SMILES string of the molecule is CC(=O)Nc1ccc(C=C2CCn3c2nc2cc(C(=O)O)ccc2c3=O)cc1. The molecule has 3 aromatic rings. The van der Waals surface area contributed by atoms with Gasteiger partial charge in [0.05, 0.1) is 16.5 Å². The van der Waals surface area contributed by atoms with Gasteiger partial charge in [0.1, 0.15) is 5.82 Å². The van der Waals surface area contributed by atoms with Gasteiger partial charge in [-0.3, -0.25) is 14.2 Å². The maximum absolute atomic E-state index is 12.8. The first-order chi connectivity index (χ1) is 13.4. The zero-order valence-electron chi connectivity index (χ0n) is 15.1. The number of allylic oxidation sites excluding steroid dienone is 1. The van der Waals surface area contributed by atoms with Crippen molar-refractivity contribution >= 4 is 40.1 Å². The first-order valence-corrected chi connectivity index (χ1v) is 8.79. The summed E-state index contributed by atoms with van der Waals surface area (Å²) in [6.07, 6.45) is 2.62. The number of aromatic carboxylic acids is 1. The smallest absolute Gasteiger partial charge is 0.335 e. The summed E-state index contributed by atoms with van der Waals surface area (Å²) in [7, 11) is 0. The second kappa shape index (κ2) is 6.77. The first-order valence-electron chi connectivity index (χ1n) is 8.79. The van der Waals surface area contributed by atoms with Gasteiger partial charge in [0.2, 0.25) is 5.91 Å². The quantitative estimate of drug-likeness (QED) is 0.733. The molecule has 7 heteroatoms. The Bertz CT molecular complexity index is 1210. The van der Waals surface area contributed by atoms with Gasteiger partial charge < -0.3 is 10.4 Å². The third-order valence-electron chi connectivity index (χ3n) is 4.67. The second-order valence-electron chi connectivity index (χ2n) is 6.65. The maximum atomic E-state index is 12.8. The van der Waals surface area contributed by atoms with Crippen LogP contribution in [0, 0.1) is 0 Å². The summed E-state index contributed by atoms with van der Waals surface area (Å²) >= 11 is 0. The summed E-state index contributed by atoms with van der Waals surface area (Å²) in [5.74, 6) is -0.627. The second-order valence-corrected chi connectivity index (χ2v) is 6.65. The van der Waals surface area contributed by atoms with Crippen LogP contribution >= 0.6 is 0 Å². The number of hydrogen-bond acceptors (Lipinski definition) is 4. The predicted octanol–water partition coefficient (Wildman–Crippen LogP) is 3.00. The van der Waals surface area contributed by atoms with Gasteiger partial charge >= 0.3 is 5.97 Å². The van der Waals surface area contributed by atoms with Crippen molar-refractivity contribution in [2.75, 3.05) is 5.32 Å². The molecule has 0 saturated heterocycles. The van der Waals surface area contributed by atoms with Gasteiger partial charge in [-0.1, -0.05) is 12.1 Å². The van der Waals surface area contributed by atoms with E-state index < -0.39 is 5.97 Å². The largest absolute Gasteiger partial charge is 0.478 e. The highest BCUT2D eigenvalue weighted by atomic mass is 16.4. The topological polar surface area (TPSA) is 101 Å². The van der Waals surface area contributed by atoms with Gasteiger partial charge in [-0.25, -0.2) is 9.78 Å². The van der Waals surface area contributed by atoms with E-state index in [2.05, 4.69) is 10.3 Å². The molecule has 140 valence electrons. The minimum Gasteiger partial charge on any atom is -0.478 e. The lowest BCUT2D eigenvalue weighted by Crippen LogP contribution is -2.21. The van der Waals surface area contributed by atoms with Gasteiger partial charge in [-0.2, -0.15) is 0 Å². The molecule has 7 nitrogen and oxygen atoms in total. The Balaban J connectivity index is 1.76. The minimum absolute atomic E-state index is 0.0986. The summed E-state index contributed by atoms with van der Waals surface area (Å²) in [6, 6.07) is 11.7. The van der Waals surface area contributed by atoms with Crippen molar-refractivity contribution in [2.45, 2.75) is 19.9 Å². The van der Waals surface area contributed by atoms with E-state index in [1.807, 2.05) is 30.3 Å². The van der Waals surface area contributed by atoms with E-state index in [-0.39, 0.29) is 17.0 Å². The fraction of sp³-hybridized carbons (Fsp3) is 0.143. The molecule has 1 aromatic heterocycles. The van der Waals surface area contributed by atoms with E-state index in [9.17, 15) is 19.5 Å². The number of nitrogens with one attached hydrogen (secondary N) is 1. The highest BCUT2D eigenvalue weighted by molar-refractivity contribution is 5.93. The van der Waals surface area contributed by atoms with E-state index in [0.717, 1.165) is 11.1 Å². The summed E-state index contributed by atoms with van der Waals surface area (Å²) in [4.78, 5) is 39.7. The van der Waals surface area contributed by atoms with Crippen molar-refractivity contribution in [3.8, 4) is 0 Å². The monoisotopic (exact) mass is 375 g/mol. The van der Waals surface area contributed by atoms with Crippen LogP contribution in [0.1, 0.15) is 35.1 Å². The fourth-order valence-corrected chi connectivity index (χ4v) is 3.35. The minimum atomic E-state index is -1.06. The number of benzene rings is 2. The lowest BCUT2D eigenvalue weighted by atomic mass is 10.1. The Kier molecular flexibility index (Phi) is 4.27. The Morgan fingerprint density at radius 3 is 2.61 bits per heavy atom. The van der Waals surface area contributed by atoms with Crippen LogP contribution in [0.4, 0.5) is 5.69 Å². The number of carbonyl (C=O) groups is 2. The van der Waals surface area contributed by atoms with Gasteiger partial charge in [0.25, 0.3) is 5.56 Å². The standard InChI is InChI=1S/C21H17N3O4/c1-12(25)22-16-5-2-13(3-6-16)10-14-8-9-24-19(14)23-18-11-15(21(27)28)4-7-17(18)20(24)26/h2-7,10-11H,8-9H2,1H3,(H,22,25)(H,27,28). The average Bonchev–Trinajstić information content (AvgIpc) is 3.05. The molecule has 4 rings (SSSR count). The summed E-state index contributed by atoms with van der Waals surface area (Å²) in [5, 5.41) is 12.3. The predicted molar refractivity (Wildman–Crippen MR) is 106 cm³/mol. The van der Waals surface area contributed by atoms with E-state index in [0.29, 0.717) is 35.4 Å². The number of carboxylic acid groups (broad SMARTS) is 1. The van der Waals surface area contributed by atoms with Crippen molar-refractivity contribution in [1.82, 2.24) is 9.55 Å². The molecule has 2 aromatic carbocycles. The van der Waals surface area contributed by atoms with Crippen molar-refractivity contribution in [3.63, 3.8) is 0 Å². The number of hydrogen-bond donors (Lipinski definition) is 2. The number of carboxylic acids is 1. The van der Waals surface area contributed by atoms with Gasteiger partial charge in [0, 0.05) is 19.2 Å². The normalized spacial score (nSPS) is 14.2. The Labute approximate surface area is 160 Å². The molecule has 0 atom stereocenters. The number of rotatable bonds is 3. The van der Waals surface area contributed by atoms with Crippen LogP contribution in [0.2, 0.25) is 0 Å². The average molecular weight is 375 g/mol. The fourth-order valence-electron chi connectivity index (χ4n) is 3.35. The van der Waals surface area contributed by atoms with Crippen molar-refractivity contribution in [2.24, 2.45) is 0 Å². The van der Waals surface area contributed by atoms with E-state index >= 15 is 0 Å². The number of aromatic nitrogens is 2. The molecule has 1 aliphatic rings. The number of nitrogens with zero attached hydrogens (tertiary/aromatic N) is 2. The molecule has 0 unspecified atom stereocenters. The van der Waals surface area contributed by atoms with Crippen LogP contribution in [-0.4, -0.2) is 26.5 Å². The Morgan fingerprint density at radius 2 is 1.93 bits per heavy atom. The van der Waals surface area contributed by atoms with E-state index in [1.165, 1.54) is 25.1 Å². The van der Waals surface area contributed by atoms with Crippen LogP contribution in [0.3, 0.4) is 0 Å². The number of amides is 1. The van der Waals surface area contributed by atoms with Crippen molar-refractivity contribution in [3.05, 3.63) is 69.8 Å². The van der Waals surface area contributed by atoms with Crippen LogP contribution in [0.15, 0.2) is 47.3 Å². The Hall–Kier alpha value is -3.74. The maximum Gasteiger partial charge on any atom is 0.335 e. The van der Waals surface area contributed by atoms with Crippen LogP contribution in [-0.2, 0) is 11.3 Å². The molecule has 2 heterocycles. The van der Waals surface area contributed by atoms with Crippen LogP contribution < -0.4 is 10.9 Å². The highest BCUT2D eigenvalue weighted by Gasteiger charge is 2.21. The zero-order chi connectivity index (χ0) is 19.8. The molecule has 0 radical (unpaired) electrons. The third-order valence-corrected chi connectivity index (χ3v) is 4.67. The van der Waals surface area contributed by atoms with Gasteiger partial charge in [-0.05, 0) is 54.0 Å². The molecule has 28 heavy (non-hydrogen) atoms. The molecule has 0 spiro atoms. The van der Waals surface area contributed by atoms with Crippen molar-refractivity contribution in [1.29, 1.82) is 0 Å². The van der Waals surface area contributed by atoms with Crippen LogP contribution in [0.5, 0.6) is 0 Å². The molecule has 1 amide bonds. The van der Waals surface area contributed by atoms with Gasteiger partial charge in [0.15, 0.2) is 0 Å². The molecule has 0 aliphatic carbocycles. The Morgan fingerprint density at radius 1 is 1.18 bits per heavy atom. The molecule has 0 bridgehead atoms. The molecule has 0 fully saturated rings. The lowest BCUT2D eigenvalue weighted by Gasteiger charge is -2.06. The van der Waals surface area contributed by atoms with Gasteiger partial charge in [-0.15, -0.1) is 0 Å². The van der Waals surface area contributed by atoms with Crippen molar-refractivity contribution < 1.29 is 14.7 Å². The van der Waals surface area contributed by atoms with E-state index in [1.54, 1.807) is 4.57 Å². The molecular formula is C21H17N3O4. The molecule has 2 N–H and O–H groups in total. The van der Waals surface area contributed by atoms with E-state index in [4.69, 9.17) is 0 Å². The molecule has 1 aliphatic heterocycles. The number of fused-ring (bicyclic) bond motifs is 2. The summed E-state index contributed by atoms with van der Waals surface area (Å²) in [6.45, 7) is 1.99. The molecular weight excluding hydrogens is 358 g/mol. The highest BCUT2D eigenvalue weighted by Crippen LogP contribution is 2.28. The lowest BCUT2D eigenvalue weighted by molar-refractivity contribution is -0.114. The first kappa shape index (κ1) is 17.7. The zero-order valence-corrected chi connectivity index (χ0v) is 15.1. The molecule has 0 saturated carbocycles. The number of carbonyl (C=O) groups excluding carboxylic acids is 1. The van der Waals surface area contributed by atoms with Crippen LogP contribution in [0.25, 0.3) is 22.6 Å².